The maximum atomic E-state index is 13.4. The van der Waals surface area contributed by atoms with Gasteiger partial charge in [-0.3, -0.25) is 0 Å². The molecule has 2 N–H and O–H groups in total. The molecule has 0 saturated carbocycles. The van der Waals surface area contributed by atoms with Gasteiger partial charge in [-0.05, 0) is 38.0 Å². The molecule has 1 heterocycles. The number of nitrogens with zero attached hydrogens (tertiary/aromatic N) is 2. The van der Waals surface area contributed by atoms with Gasteiger partial charge in [-0.1, -0.05) is 6.42 Å². The fourth-order valence-corrected chi connectivity index (χ4v) is 4.70. The third-order valence-corrected chi connectivity index (χ3v) is 5.92. The number of benzene rings is 1. The molecule has 0 bridgehead atoms. The minimum absolute atomic E-state index is 0.0624. The van der Waals surface area contributed by atoms with Gasteiger partial charge >= 0.3 is 0 Å². The molecule has 1 aliphatic rings. The molecule has 0 spiro atoms. The van der Waals surface area contributed by atoms with E-state index in [-0.39, 0.29) is 29.1 Å². The van der Waals surface area contributed by atoms with Crippen molar-refractivity contribution in [2.45, 2.75) is 43.2 Å². The quantitative estimate of drug-likeness (QED) is 0.918. The summed E-state index contributed by atoms with van der Waals surface area (Å²) in [6.07, 6.45) is 2.41. The molecule has 5 nitrogen and oxygen atoms in total. The van der Waals surface area contributed by atoms with Crippen molar-refractivity contribution in [1.29, 1.82) is 5.26 Å². The Morgan fingerprint density at radius 2 is 2.19 bits per heavy atom. The standard InChI is InChI=1S/C14H18FN3O2S/c1-10-3-2-4-12(9-17)18(10)21(19,20)13-5-6-14(15)11(7-13)8-16/h5-7,10,12H,2-4,9,17H2,1H3. The van der Waals surface area contributed by atoms with Crippen molar-refractivity contribution in [3.05, 3.63) is 29.6 Å². The topological polar surface area (TPSA) is 87.2 Å². The van der Waals surface area contributed by atoms with Crippen molar-refractivity contribution in [3.63, 3.8) is 0 Å². The van der Waals surface area contributed by atoms with Gasteiger partial charge in [0, 0.05) is 18.6 Å². The van der Waals surface area contributed by atoms with E-state index >= 15 is 0 Å². The Bertz CT molecular complexity index is 669. The minimum Gasteiger partial charge on any atom is -0.329 e. The number of rotatable bonds is 3. The number of halogens is 1. The highest BCUT2D eigenvalue weighted by Crippen LogP contribution is 2.29. The first kappa shape index (κ1) is 15.9. The Hall–Kier alpha value is -1.49. The van der Waals surface area contributed by atoms with Gasteiger partial charge in [0.05, 0.1) is 10.5 Å². The van der Waals surface area contributed by atoms with Gasteiger partial charge < -0.3 is 5.73 Å². The smallest absolute Gasteiger partial charge is 0.243 e. The second kappa shape index (κ2) is 6.10. The van der Waals surface area contributed by atoms with Crippen molar-refractivity contribution in [2.75, 3.05) is 6.54 Å². The maximum absolute atomic E-state index is 13.4. The summed E-state index contributed by atoms with van der Waals surface area (Å²) >= 11 is 0. The zero-order valence-corrected chi connectivity index (χ0v) is 12.6. The van der Waals surface area contributed by atoms with E-state index in [9.17, 15) is 12.8 Å². The van der Waals surface area contributed by atoms with Gasteiger partial charge in [0.2, 0.25) is 10.0 Å². The van der Waals surface area contributed by atoms with E-state index in [0.29, 0.717) is 6.42 Å². The minimum atomic E-state index is -3.79. The Morgan fingerprint density at radius 1 is 1.48 bits per heavy atom. The van der Waals surface area contributed by atoms with Gasteiger partial charge in [-0.15, -0.1) is 0 Å². The van der Waals surface area contributed by atoms with E-state index in [1.165, 1.54) is 10.4 Å². The molecule has 1 saturated heterocycles. The fraction of sp³-hybridized carbons (Fsp3) is 0.500. The number of piperidine rings is 1. The van der Waals surface area contributed by atoms with Gasteiger partial charge in [-0.25, -0.2) is 12.8 Å². The van der Waals surface area contributed by atoms with Crippen LogP contribution < -0.4 is 5.73 Å². The predicted molar refractivity (Wildman–Crippen MR) is 76.3 cm³/mol. The van der Waals surface area contributed by atoms with E-state index in [1.54, 1.807) is 6.07 Å². The summed E-state index contributed by atoms with van der Waals surface area (Å²) in [6.45, 7) is 2.09. The molecule has 1 aromatic rings. The van der Waals surface area contributed by atoms with Crippen LogP contribution in [-0.2, 0) is 10.0 Å². The summed E-state index contributed by atoms with van der Waals surface area (Å²) < 4.78 is 40.3. The van der Waals surface area contributed by atoms with Gasteiger partial charge in [0.15, 0.2) is 0 Å². The third-order valence-electron chi connectivity index (χ3n) is 3.86. The van der Waals surface area contributed by atoms with Crippen LogP contribution >= 0.6 is 0 Å². The summed E-state index contributed by atoms with van der Waals surface area (Å²) in [5.74, 6) is -0.724. The highest BCUT2D eigenvalue weighted by molar-refractivity contribution is 7.89. The van der Waals surface area contributed by atoms with Crippen molar-refractivity contribution >= 4 is 10.0 Å². The summed E-state index contributed by atoms with van der Waals surface area (Å²) in [4.78, 5) is -0.0624. The lowest BCUT2D eigenvalue weighted by Gasteiger charge is -2.38. The van der Waals surface area contributed by atoms with Gasteiger partial charge in [-0.2, -0.15) is 9.57 Å². The second-order valence-electron chi connectivity index (χ2n) is 5.26. The van der Waals surface area contributed by atoms with Crippen molar-refractivity contribution in [1.82, 2.24) is 4.31 Å². The first-order valence-electron chi connectivity index (χ1n) is 6.85. The number of nitriles is 1. The Balaban J connectivity index is 2.47. The normalized spacial score (nSPS) is 23.7. The molecule has 2 unspecified atom stereocenters. The highest BCUT2D eigenvalue weighted by atomic mass is 32.2. The molecule has 0 amide bonds. The molecule has 7 heteroatoms. The first-order valence-corrected chi connectivity index (χ1v) is 8.29. The number of hydrogen-bond acceptors (Lipinski definition) is 4. The van der Waals surface area contributed by atoms with Crippen LogP contribution in [0.5, 0.6) is 0 Å². The van der Waals surface area contributed by atoms with E-state index in [4.69, 9.17) is 11.0 Å². The second-order valence-corrected chi connectivity index (χ2v) is 7.10. The Labute approximate surface area is 124 Å². The molecule has 114 valence electrons. The van der Waals surface area contributed by atoms with E-state index < -0.39 is 15.8 Å². The third kappa shape index (κ3) is 2.93. The average Bonchev–Trinajstić information content (AvgIpc) is 2.46. The summed E-state index contributed by atoms with van der Waals surface area (Å²) in [5, 5.41) is 8.85. The molecule has 0 aromatic heterocycles. The zero-order valence-electron chi connectivity index (χ0n) is 11.8. The monoisotopic (exact) mass is 311 g/mol. The van der Waals surface area contributed by atoms with Gasteiger partial charge in [0.25, 0.3) is 0 Å². The van der Waals surface area contributed by atoms with Crippen molar-refractivity contribution in [2.24, 2.45) is 5.73 Å². The highest BCUT2D eigenvalue weighted by Gasteiger charge is 2.37. The lowest BCUT2D eigenvalue weighted by molar-refractivity contribution is 0.196. The Kier molecular flexibility index (Phi) is 4.61. The summed E-state index contributed by atoms with van der Waals surface area (Å²) in [5.41, 5.74) is 5.42. The molecular weight excluding hydrogens is 293 g/mol. The molecule has 0 aliphatic carbocycles. The maximum Gasteiger partial charge on any atom is 0.243 e. The van der Waals surface area contributed by atoms with Crippen LogP contribution in [0.15, 0.2) is 23.1 Å². The fourth-order valence-electron chi connectivity index (χ4n) is 2.79. The van der Waals surface area contributed by atoms with Crippen LogP contribution in [0.4, 0.5) is 4.39 Å². The van der Waals surface area contributed by atoms with Crippen LogP contribution in [0.25, 0.3) is 0 Å². The van der Waals surface area contributed by atoms with Crippen LogP contribution in [0.1, 0.15) is 31.7 Å². The van der Waals surface area contributed by atoms with Crippen LogP contribution in [0.3, 0.4) is 0 Å². The number of nitrogens with two attached hydrogens (primary N) is 1. The SMILES string of the molecule is CC1CCCC(CN)N1S(=O)(=O)c1ccc(F)c(C#N)c1. The molecule has 2 atom stereocenters. The molecule has 1 aromatic carbocycles. The van der Waals surface area contributed by atoms with E-state index in [2.05, 4.69) is 0 Å². The molecular formula is C14H18FN3O2S. The van der Waals surface area contributed by atoms with Crippen molar-refractivity contribution < 1.29 is 12.8 Å². The van der Waals surface area contributed by atoms with Crippen LogP contribution in [0, 0.1) is 17.1 Å². The summed E-state index contributed by atoms with van der Waals surface area (Å²) in [7, 11) is -3.79. The largest absolute Gasteiger partial charge is 0.329 e. The lowest BCUT2D eigenvalue weighted by atomic mass is 10.00. The molecule has 0 radical (unpaired) electrons. The van der Waals surface area contributed by atoms with E-state index in [1.807, 2.05) is 6.92 Å². The van der Waals surface area contributed by atoms with Crippen LogP contribution in [-0.4, -0.2) is 31.4 Å². The molecule has 21 heavy (non-hydrogen) atoms. The molecule has 2 rings (SSSR count). The van der Waals surface area contributed by atoms with Crippen LogP contribution in [0.2, 0.25) is 0 Å². The summed E-state index contributed by atoms with van der Waals surface area (Å²) in [6, 6.07) is 4.54. The van der Waals surface area contributed by atoms with Gasteiger partial charge in [0.1, 0.15) is 11.9 Å². The average molecular weight is 311 g/mol. The molecule has 1 aliphatic heterocycles. The van der Waals surface area contributed by atoms with Crippen molar-refractivity contribution in [3.8, 4) is 6.07 Å². The number of sulfonamides is 1. The molecule has 1 fully saturated rings. The predicted octanol–water partition coefficient (Wildman–Crippen LogP) is 1.59. The lowest BCUT2D eigenvalue weighted by Crippen LogP contribution is -2.51. The number of hydrogen-bond donors (Lipinski definition) is 1. The zero-order chi connectivity index (χ0) is 15.6. The first-order chi connectivity index (χ1) is 9.91. The Morgan fingerprint density at radius 3 is 2.81 bits per heavy atom. The van der Waals surface area contributed by atoms with E-state index in [0.717, 1.165) is 25.0 Å².